The number of nitrogens with zero attached hydrogens (tertiary/aromatic N) is 2. The van der Waals surface area contributed by atoms with Gasteiger partial charge >= 0.3 is 5.97 Å². The maximum atomic E-state index is 10.9. The molecule has 0 amide bonds. The highest BCUT2D eigenvalue weighted by molar-refractivity contribution is 5.86. The van der Waals surface area contributed by atoms with Crippen LogP contribution >= 0.6 is 0 Å². The first-order valence-corrected chi connectivity index (χ1v) is 3.40. The molecule has 1 heterocycles. The van der Waals surface area contributed by atoms with Gasteiger partial charge in [0.1, 0.15) is 0 Å². The molecule has 0 unspecified atom stereocenters. The Morgan fingerprint density at radius 1 is 1.58 bits per heavy atom. The normalized spacial score (nSPS) is 9.42. The van der Waals surface area contributed by atoms with E-state index in [1.165, 1.54) is 6.20 Å². The number of esters is 1. The molecule has 1 rings (SSSR count). The number of carbonyl (C=O) groups is 1. The lowest BCUT2D eigenvalue weighted by Crippen LogP contribution is -2.06. The lowest BCUT2D eigenvalue weighted by atomic mass is 10.4. The molecule has 0 fully saturated rings. The Morgan fingerprint density at radius 2 is 2.33 bits per heavy atom. The lowest BCUT2D eigenvalue weighted by Gasteiger charge is -1.98. The van der Waals surface area contributed by atoms with Crippen molar-refractivity contribution in [2.24, 2.45) is 0 Å². The van der Waals surface area contributed by atoms with E-state index in [2.05, 4.69) is 14.7 Å². The van der Waals surface area contributed by atoms with E-state index in [1.54, 1.807) is 6.92 Å². The van der Waals surface area contributed by atoms with Gasteiger partial charge in [-0.1, -0.05) is 0 Å². The summed E-state index contributed by atoms with van der Waals surface area (Å²) >= 11 is 0. The van der Waals surface area contributed by atoms with E-state index in [0.717, 1.165) is 6.20 Å². The van der Waals surface area contributed by atoms with Gasteiger partial charge in [0.15, 0.2) is 5.69 Å². The molecular weight excluding hydrogens is 160 g/mol. The number of hydrogen-bond acceptors (Lipinski definition) is 4. The molecule has 5 nitrogen and oxygen atoms in total. The second-order valence-corrected chi connectivity index (χ2v) is 1.96. The summed E-state index contributed by atoms with van der Waals surface area (Å²) in [6.45, 7) is 1.93. The minimum absolute atomic E-state index is 0.0515. The number of rotatable bonds is 2. The van der Waals surface area contributed by atoms with Gasteiger partial charge in [0.05, 0.1) is 19.0 Å². The maximum Gasteiger partial charge on any atom is 0.358 e. The molecule has 1 aromatic rings. The van der Waals surface area contributed by atoms with Crippen LogP contribution in [0.5, 0.6) is 5.88 Å². The molecule has 0 aromatic carbocycles. The Bertz CT molecular complexity index is 288. The number of carbonyl (C=O) groups excluding carboxylic acids is 1. The fraction of sp³-hybridized carbons (Fsp3) is 0.286. The van der Waals surface area contributed by atoms with Crippen LogP contribution in [0, 0.1) is 0 Å². The highest BCUT2D eigenvalue weighted by Crippen LogP contribution is 2.03. The molecule has 0 spiro atoms. The van der Waals surface area contributed by atoms with Crippen molar-refractivity contribution < 1.29 is 14.6 Å². The molecule has 0 atom stereocenters. The van der Waals surface area contributed by atoms with Crippen molar-refractivity contribution in [3.8, 4) is 5.88 Å². The average molecular weight is 167 g/mol. The van der Waals surface area contributed by atoms with Crippen LogP contribution in [0.15, 0.2) is 12.4 Å². The molecule has 12 heavy (non-hydrogen) atoms. The molecule has 0 N–H and O–H groups in total. The summed E-state index contributed by atoms with van der Waals surface area (Å²) in [7, 11) is 0. The summed E-state index contributed by atoms with van der Waals surface area (Å²) in [5.41, 5.74) is -0.0515. The predicted octanol–water partition coefficient (Wildman–Crippen LogP) is 0.797. The maximum absolute atomic E-state index is 10.9. The minimum atomic E-state index is -0.622. The summed E-state index contributed by atoms with van der Waals surface area (Å²) in [5, 5.41) is 10.6. The quantitative estimate of drug-likeness (QED) is 0.610. The van der Waals surface area contributed by atoms with Gasteiger partial charge in [-0.05, 0) is 6.92 Å². The topological polar surface area (TPSA) is 72.0 Å². The van der Waals surface area contributed by atoms with Crippen molar-refractivity contribution in [3.63, 3.8) is 0 Å². The van der Waals surface area contributed by atoms with Crippen molar-refractivity contribution in [1.29, 1.82) is 0 Å². The number of ether oxygens (including phenoxy) is 1. The van der Waals surface area contributed by atoms with Gasteiger partial charge in [0.2, 0.25) is 0 Å². The Labute approximate surface area is 69.0 Å². The molecule has 1 aromatic heterocycles. The first kappa shape index (κ1) is 8.45. The number of aromatic nitrogens is 2. The summed E-state index contributed by atoms with van der Waals surface area (Å²) in [6.07, 6.45) is 2.22. The van der Waals surface area contributed by atoms with E-state index >= 15 is 0 Å². The van der Waals surface area contributed by atoms with Crippen molar-refractivity contribution >= 4 is 5.97 Å². The van der Waals surface area contributed by atoms with Gasteiger partial charge in [-0.25, -0.2) is 4.79 Å². The number of hydrogen-bond donors (Lipinski definition) is 0. The van der Waals surface area contributed by atoms with Crippen LogP contribution in [0.3, 0.4) is 0 Å². The summed E-state index contributed by atoms with van der Waals surface area (Å²) in [6, 6.07) is 0. The van der Waals surface area contributed by atoms with Gasteiger partial charge in [-0.2, -0.15) is 4.98 Å². The van der Waals surface area contributed by atoms with Crippen LogP contribution in [0.4, 0.5) is 0 Å². The predicted molar refractivity (Wildman–Crippen MR) is 38.1 cm³/mol. The molecule has 63 valence electrons. The summed E-state index contributed by atoms with van der Waals surface area (Å²) in [5.74, 6) is -1.16. The molecule has 0 saturated carbocycles. The van der Waals surface area contributed by atoms with Crippen molar-refractivity contribution in [2.45, 2.75) is 6.92 Å². The third kappa shape index (κ3) is 1.91. The first-order chi connectivity index (χ1) is 5.74. The summed E-state index contributed by atoms with van der Waals surface area (Å²) < 4.78 is 4.60. The SMILES string of the molecule is CCOC(=O)c1cncc([O])n1. The smallest absolute Gasteiger partial charge is 0.358 e. The zero-order chi connectivity index (χ0) is 8.97. The van der Waals surface area contributed by atoms with Gasteiger partial charge in [-0.3, -0.25) is 10.1 Å². The van der Waals surface area contributed by atoms with Gasteiger partial charge < -0.3 is 4.74 Å². The van der Waals surface area contributed by atoms with E-state index in [1.807, 2.05) is 0 Å². The van der Waals surface area contributed by atoms with E-state index in [4.69, 9.17) is 0 Å². The molecule has 5 heteroatoms. The Morgan fingerprint density at radius 3 is 2.92 bits per heavy atom. The van der Waals surface area contributed by atoms with Crippen LogP contribution in [0.2, 0.25) is 0 Å². The molecule has 1 radical (unpaired) electrons. The van der Waals surface area contributed by atoms with Crippen LogP contribution < -0.4 is 0 Å². The summed E-state index contributed by atoms with van der Waals surface area (Å²) in [4.78, 5) is 17.8. The van der Waals surface area contributed by atoms with Crippen molar-refractivity contribution in [3.05, 3.63) is 18.1 Å². The Kier molecular flexibility index (Phi) is 2.57. The average Bonchev–Trinajstić information content (AvgIpc) is 2.05. The third-order valence-corrected chi connectivity index (χ3v) is 1.10. The molecule has 0 saturated heterocycles. The monoisotopic (exact) mass is 167 g/mol. The fourth-order valence-corrected chi connectivity index (χ4v) is 0.651. The highest BCUT2D eigenvalue weighted by Gasteiger charge is 2.09. The van der Waals surface area contributed by atoms with E-state index in [-0.39, 0.29) is 12.3 Å². The second-order valence-electron chi connectivity index (χ2n) is 1.96. The molecule has 0 aliphatic rings. The molecule has 0 bridgehead atoms. The third-order valence-electron chi connectivity index (χ3n) is 1.10. The Hall–Kier alpha value is -1.65. The lowest BCUT2D eigenvalue weighted by molar-refractivity contribution is 0.0517. The van der Waals surface area contributed by atoms with Crippen LogP contribution in [0.25, 0.3) is 0 Å². The zero-order valence-corrected chi connectivity index (χ0v) is 6.48. The zero-order valence-electron chi connectivity index (χ0n) is 6.48. The largest absolute Gasteiger partial charge is 0.461 e. The van der Waals surface area contributed by atoms with Crippen molar-refractivity contribution in [2.75, 3.05) is 6.61 Å². The highest BCUT2D eigenvalue weighted by atomic mass is 16.5. The molecular formula is C7H7N2O3. The molecule has 0 aliphatic heterocycles. The first-order valence-electron chi connectivity index (χ1n) is 3.40. The van der Waals surface area contributed by atoms with E-state index < -0.39 is 11.8 Å². The minimum Gasteiger partial charge on any atom is -0.461 e. The van der Waals surface area contributed by atoms with Gasteiger partial charge in [0, 0.05) is 0 Å². The van der Waals surface area contributed by atoms with Gasteiger partial charge in [-0.15, -0.1) is 0 Å². The van der Waals surface area contributed by atoms with Crippen LogP contribution in [0.1, 0.15) is 17.4 Å². The fourth-order valence-electron chi connectivity index (χ4n) is 0.651. The second kappa shape index (κ2) is 3.66. The Balaban J connectivity index is 2.81. The van der Waals surface area contributed by atoms with E-state index in [0.29, 0.717) is 0 Å². The van der Waals surface area contributed by atoms with Crippen molar-refractivity contribution in [1.82, 2.24) is 9.97 Å². The van der Waals surface area contributed by atoms with Crippen LogP contribution in [-0.2, 0) is 9.84 Å². The van der Waals surface area contributed by atoms with Gasteiger partial charge in [0.25, 0.3) is 5.88 Å². The van der Waals surface area contributed by atoms with Crippen LogP contribution in [-0.4, -0.2) is 22.5 Å². The molecule has 0 aliphatic carbocycles. The van der Waals surface area contributed by atoms with E-state index in [9.17, 15) is 9.90 Å². The standard InChI is InChI=1S/C7H7N2O3/c1-2-12-7(11)5-3-8-4-6(10)9-5/h3-4H,2H2,1H3.